The fraction of sp³-hybridized carbons (Fsp3) is 0.500. The first-order valence-corrected chi connectivity index (χ1v) is 7.48. The van der Waals surface area contributed by atoms with Crippen LogP contribution in [-0.4, -0.2) is 36.5 Å². The van der Waals surface area contributed by atoms with Gasteiger partial charge < -0.3 is 14.9 Å². The van der Waals surface area contributed by atoms with E-state index in [1.165, 1.54) is 12.1 Å². The molecule has 1 aromatic rings. The van der Waals surface area contributed by atoms with Crippen molar-refractivity contribution in [1.29, 1.82) is 0 Å². The van der Waals surface area contributed by atoms with Crippen molar-refractivity contribution in [3.63, 3.8) is 0 Å². The van der Waals surface area contributed by atoms with Gasteiger partial charge in [-0.1, -0.05) is 17.3 Å². The van der Waals surface area contributed by atoms with Crippen LogP contribution < -0.4 is 5.32 Å². The number of amides is 1. The molecule has 5 nitrogen and oxygen atoms in total. The third-order valence-corrected chi connectivity index (χ3v) is 4.01. The van der Waals surface area contributed by atoms with Crippen molar-refractivity contribution in [1.82, 2.24) is 5.32 Å². The lowest BCUT2D eigenvalue weighted by Crippen LogP contribution is -2.46. The Labute approximate surface area is 128 Å². The van der Waals surface area contributed by atoms with Crippen molar-refractivity contribution < 1.29 is 18.8 Å². The minimum atomic E-state index is -1.06. The summed E-state index contributed by atoms with van der Waals surface area (Å²) in [6.07, 6.45) is 2.38. The molecule has 0 aromatic heterocycles. The summed E-state index contributed by atoms with van der Waals surface area (Å²) < 4.78 is 18.8. The highest BCUT2D eigenvalue weighted by atomic mass is 19.1. The van der Waals surface area contributed by atoms with Gasteiger partial charge in [0.2, 0.25) is 5.60 Å². The summed E-state index contributed by atoms with van der Waals surface area (Å²) in [4.78, 5) is 17.7. The van der Waals surface area contributed by atoms with Crippen molar-refractivity contribution in [3.8, 4) is 0 Å². The third kappa shape index (κ3) is 3.11. The molecule has 6 heteroatoms. The van der Waals surface area contributed by atoms with E-state index in [0.29, 0.717) is 24.2 Å². The van der Waals surface area contributed by atoms with Gasteiger partial charge in [0.25, 0.3) is 5.91 Å². The van der Waals surface area contributed by atoms with Crippen LogP contribution in [0.15, 0.2) is 29.4 Å². The van der Waals surface area contributed by atoms with Gasteiger partial charge >= 0.3 is 0 Å². The maximum absolute atomic E-state index is 13.3. The Balaban J connectivity index is 1.59. The molecule has 1 saturated heterocycles. The quantitative estimate of drug-likeness (QED) is 0.925. The van der Waals surface area contributed by atoms with E-state index < -0.39 is 5.60 Å². The molecule has 2 atom stereocenters. The highest BCUT2D eigenvalue weighted by Gasteiger charge is 2.42. The van der Waals surface area contributed by atoms with E-state index >= 15 is 0 Å². The molecule has 0 radical (unpaired) electrons. The second-order valence-electron chi connectivity index (χ2n) is 5.89. The number of nitrogens with one attached hydrogen (secondary N) is 1. The highest BCUT2D eigenvalue weighted by molar-refractivity contribution is 6.05. The molecule has 2 aliphatic rings. The van der Waals surface area contributed by atoms with Gasteiger partial charge in [0.1, 0.15) is 5.82 Å². The molecule has 118 valence electrons. The van der Waals surface area contributed by atoms with E-state index in [1.807, 2.05) is 0 Å². The minimum Gasteiger partial charge on any atom is -0.379 e. The van der Waals surface area contributed by atoms with Crippen molar-refractivity contribution in [3.05, 3.63) is 35.6 Å². The predicted molar refractivity (Wildman–Crippen MR) is 79.0 cm³/mol. The van der Waals surface area contributed by atoms with E-state index in [4.69, 9.17) is 9.57 Å². The summed E-state index contributed by atoms with van der Waals surface area (Å²) in [5.41, 5.74) is 0.158. The SMILES string of the molecule is C[C@@]1(C(=O)NC[C@H]2CCCO2)CC(c2cccc(F)c2)=NO1. The second kappa shape index (κ2) is 6.04. The molecule has 1 aromatic carbocycles. The molecule has 1 N–H and O–H groups in total. The lowest BCUT2D eigenvalue weighted by molar-refractivity contribution is -0.142. The molecular formula is C16H19FN2O3. The Hall–Kier alpha value is -1.95. The van der Waals surface area contributed by atoms with Gasteiger partial charge in [-0.15, -0.1) is 0 Å². The average molecular weight is 306 g/mol. The van der Waals surface area contributed by atoms with Gasteiger partial charge in [-0.25, -0.2) is 4.39 Å². The lowest BCUT2D eigenvalue weighted by atomic mass is 9.95. The molecule has 1 fully saturated rings. The Bertz CT molecular complexity index is 599. The van der Waals surface area contributed by atoms with Gasteiger partial charge in [-0.2, -0.15) is 0 Å². The summed E-state index contributed by atoms with van der Waals surface area (Å²) in [6.45, 7) is 2.92. The number of nitrogens with zero attached hydrogens (tertiary/aromatic N) is 1. The molecule has 0 bridgehead atoms. The molecule has 2 heterocycles. The zero-order chi connectivity index (χ0) is 15.6. The van der Waals surface area contributed by atoms with Crippen molar-refractivity contribution in [2.75, 3.05) is 13.2 Å². The number of carbonyl (C=O) groups excluding carboxylic acids is 1. The molecule has 0 saturated carbocycles. The van der Waals surface area contributed by atoms with Crippen molar-refractivity contribution in [2.24, 2.45) is 5.16 Å². The third-order valence-electron chi connectivity index (χ3n) is 4.01. The number of oxime groups is 1. The topological polar surface area (TPSA) is 59.9 Å². The van der Waals surface area contributed by atoms with Gasteiger partial charge in [-0.3, -0.25) is 4.79 Å². The second-order valence-corrected chi connectivity index (χ2v) is 5.89. The number of halogens is 1. The van der Waals surface area contributed by atoms with E-state index in [1.54, 1.807) is 19.1 Å². The first kappa shape index (κ1) is 15.0. The summed E-state index contributed by atoms with van der Waals surface area (Å²) in [5.74, 6) is -0.560. The van der Waals surface area contributed by atoms with E-state index in [0.717, 1.165) is 19.4 Å². The fourth-order valence-electron chi connectivity index (χ4n) is 2.68. The molecular weight excluding hydrogens is 287 g/mol. The smallest absolute Gasteiger partial charge is 0.267 e. The summed E-state index contributed by atoms with van der Waals surface area (Å²) in [7, 11) is 0. The van der Waals surface area contributed by atoms with Crippen LogP contribution in [0.25, 0.3) is 0 Å². The number of ether oxygens (including phenoxy) is 1. The van der Waals surface area contributed by atoms with E-state index in [2.05, 4.69) is 10.5 Å². The minimum absolute atomic E-state index is 0.0811. The lowest BCUT2D eigenvalue weighted by Gasteiger charge is -2.21. The molecule has 3 rings (SSSR count). The maximum atomic E-state index is 13.3. The largest absolute Gasteiger partial charge is 0.379 e. The zero-order valence-electron chi connectivity index (χ0n) is 12.5. The number of rotatable bonds is 4. The highest BCUT2D eigenvalue weighted by Crippen LogP contribution is 2.27. The van der Waals surface area contributed by atoms with Gasteiger partial charge in [0.05, 0.1) is 11.8 Å². The number of hydrogen-bond donors (Lipinski definition) is 1. The van der Waals surface area contributed by atoms with E-state index in [9.17, 15) is 9.18 Å². The van der Waals surface area contributed by atoms with Crippen LogP contribution in [0.5, 0.6) is 0 Å². The standard InChI is InChI=1S/C16H19FN2O3/c1-16(15(20)18-10-13-6-3-7-21-13)9-14(19-22-16)11-4-2-5-12(17)8-11/h2,4-5,8,13H,3,6-7,9-10H2,1H3,(H,18,20)/t13-,16+/m1/s1. The van der Waals surface area contributed by atoms with Crippen molar-refractivity contribution in [2.45, 2.75) is 37.9 Å². The fourth-order valence-corrected chi connectivity index (χ4v) is 2.68. The Morgan fingerprint density at radius 1 is 1.55 bits per heavy atom. The molecule has 0 unspecified atom stereocenters. The van der Waals surface area contributed by atoms with Crippen LogP contribution in [0.4, 0.5) is 4.39 Å². The average Bonchev–Trinajstić information content (AvgIpc) is 3.15. The van der Waals surface area contributed by atoms with Crippen LogP contribution >= 0.6 is 0 Å². The maximum Gasteiger partial charge on any atom is 0.267 e. The Morgan fingerprint density at radius 2 is 2.41 bits per heavy atom. The van der Waals surface area contributed by atoms with Crippen molar-refractivity contribution >= 4 is 11.6 Å². The van der Waals surface area contributed by atoms with Gasteiger partial charge in [0, 0.05) is 25.1 Å². The zero-order valence-corrected chi connectivity index (χ0v) is 12.5. The Morgan fingerprint density at radius 3 is 3.14 bits per heavy atom. The molecule has 1 amide bonds. The van der Waals surface area contributed by atoms with Gasteiger partial charge in [0.15, 0.2) is 0 Å². The summed E-state index contributed by atoms with van der Waals surface area (Å²) >= 11 is 0. The van der Waals surface area contributed by atoms with Crippen LogP contribution in [0.1, 0.15) is 31.7 Å². The van der Waals surface area contributed by atoms with E-state index in [-0.39, 0.29) is 17.8 Å². The summed E-state index contributed by atoms with van der Waals surface area (Å²) in [6, 6.07) is 6.12. The number of carbonyl (C=O) groups is 1. The van der Waals surface area contributed by atoms with Crippen LogP contribution in [0, 0.1) is 5.82 Å². The first-order chi connectivity index (χ1) is 10.6. The molecule has 0 spiro atoms. The normalized spacial score (nSPS) is 27.4. The van der Waals surface area contributed by atoms with Crippen LogP contribution in [0.2, 0.25) is 0 Å². The monoisotopic (exact) mass is 306 g/mol. The molecule has 0 aliphatic carbocycles. The molecule has 22 heavy (non-hydrogen) atoms. The first-order valence-electron chi connectivity index (χ1n) is 7.48. The van der Waals surface area contributed by atoms with Crippen LogP contribution in [0.3, 0.4) is 0 Å². The predicted octanol–water partition coefficient (Wildman–Crippen LogP) is 2.00. The number of hydrogen-bond acceptors (Lipinski definition) is 4. The molecule has 2 aliphatic heterocycles. The van der Waals surface area contributed by atoms with Crippen LogP contribution in [-0.2, 0) is 14.4 Å². The van der Waals surface area contributed by atoms with Gasteiger partial charge in [-0.05, 0) is 31.9 Å². The number of benzene rings is 1. The summed E-state index contributed by atoms with van der Waals surface area (Å²) in [5, 5.41) is 6.81. The Kier molecular flexibility index (Phi) is 4.11.